The minimum Gasteiger partial charge on any atom is -0.327 e. The Bertz CT molecular complexity index is 704. The molecule has 0 bridgehead atoms. The van der Waals surface area contributed by atoms with Gasteiger partial charge in [0.15, 0.2) is 0 Å². The molecule has 1 unspecified atom stereocenters. The number of rotatable bonds is 2. The summed E-state index contributed by atoms with van der Waals surface area (Å²) in [5, 5.41) is -0.530. The highest BCUT2D eigenvalue weighted by Crippen LogP contribution is 2.37. The van der Waals surface area contributed by atoms with E-state index in [0.29, 0.717) is 12.5 Å². The van der Waals surface area contributed by atoms with Crippen molar-refractivity contribution in [2.75, 3.05) is 13.1 Å². The number of alkyl halides is 3. The Morgan fingerprint density at radius 1 is 1.35 bits per heavy atom. The SMILES string of the molecule is CC1(C)CN(S(=O)(=O)c2ccc(Cl)c(C(F)(F)F)c2)CCC1N. The largest absolute Gasteiger partial charge is 0.417 e. The fraction of sp³-hybridized carbons (Fsp3) is 0.571. The topological polar surface area (TPSA) is 63.4 Å². The van der Waals surface area contributed by atoms with Crippen molar-refractivity contribution in [3.05, 3.63) is 28.8 Å². The summed E-state index contributed by atoms with van der Waals surface area (Å²) in [6.07, 6.45) is -4.27. The molecule has 0 aliphatic carbocycles. The van der Waals surface area contributed by atoms with E-state index in [2.05, 4.69) is 0 Å². The van der Waals surface area contributed by atoms with Gasteiger partial charge in [-0.2, -0.15) is 17.5 Å². The first-order valence-corrected chi connectivity index (χ1v) is 8.80. The zero-order chi connectivity index (χ0) is 17.6. The van der Waals surface area contributed by atoms with Crippen LogP contribution in [0.25, 0.3) is 0 Å². The second-order valence-electron chi connectivity index (χ2n) is 6.36. The van der Waals surface area contributed by atoms with Gasteiger partial charge >= 0.3 is 6.18 Å². The third-order valence-electron chi connectivity index (χ3n) is 4.16. The van der Waals surface area contributed by atoms with Gasteiger partial charge in [-0.25, -0.2) is 8.42 Å². The summed E-state index contributed by atoms with van der Waals surface area (Å²) >= 11 is 5.54. The standard InChI is InChI=1S/C14H18ClF3N2O2S/c1-13(2)8-20(6-5-12(13)19)23(21,22)9-3-4-11(15)10(7-9)14(16,17)18/h3-4,7,12H,5-6,8,19H2,1-2H3. The average molecular weight is 371 g/mol. The fourth-order valence-electron chi connectivity index (χ4n) is 2.56. The lowest BCUT2D eigenvalue weighted by molar-refractivity contribution is -0.137. The van der Waals surface area contributed by atoms with Crippen molar-refractivity contribution in [3.8, 4) is 0 Å². The number of piperidine rings is 1. The van der Waals surface area contributed by atoms with Crippen molar-refractivity contribution < 1.29 is 21.6 Å². The Labute approximate surface area is 138 Å². The van der Waals surface area contributed by atoms with Crippen LogP contribution in [0, 0.1) is 5.41 Å². The van der Waals surface area contributed by atoms with E-state index in [4.69, 9.17) is 17.3 Å². The quantitative estimate of drug-likeness (QED) is 0.870. The van der Waals surface area contributed by atoms with E-state index < -0.39 is 37.1 Å². The smallest absolute Gasteiger partial charge is 0.327 e. The van der Waals surface area contributed by atoms with Crippen LogP contribution in [0.1, 0.15) is 25.8 Å². The Kier molecular flexibility index (Phi) is 4.76. The molecule has 130 valence electrons. The molecule has 1 aromatic carbocycles. The van der Waals surface area contributed by atoms with Gasteiger partial charge in [0.1, 0.15) is 0 Å². The van der Waals surface area contributed by atoms with E-state index >= 15 is 0 Å². The van der Waals surface area contributed by atoms with E-state index in [1.54, 1.807) is 0 Å². The first-order valence-electron chi connectivity index (χ1n) is 6.98. The van der Waals surface area contributed by atoms with Crippen LogP contribution in [0.4, 0.5) is 13.2 Å². The van der Waals surface area contributed by atoms with Gasteiger partial charge in [-0.1, -0.05) is 25.4 Å². The highest BCUT2D eigenvalue weighted by Gasteiger charge is 2.40. The summed E-state index contributed by atoms with van der Waals surface area (Å²) in [6, 6.07) is 2.47. The molecular formula is C14H18ClF3N2O2S. The van der Waals surface area contributed by atoms with Crippen LogP contribution >= 0.6 is 11.6 Å². The maximum atomic E-state index is 12.9. The third-order valence-corrected chi connectivity index (χ3v) is 6.33. The molecule has 0 spiro atoms. The molecular weight excluding hydrogens is 353 g/mol. The normalized spacial score (nSPS) is 23.0. The maximum absolute atomic E-state index is 12.9. The number of sulfonamides is 1. The molecule has 1 aliphatic rings. The van der Waals surface area contributed by atoms with Crippen molar-refractivity contribution in [3.63, 3.8) is 0 Å². The lowest BCUT2D eigenvalue weighted by Crippen LogP contribution is -2.53. The monoisotopic (exact) mass is 370 g/mol. The lowest BCUT2D eigenvalue weighted by Gasteiger charge is -2.41. The van der Waals surface area contributed by atoms with Gasteiger partial charge in [-0.15, -0.1) is 0 Å². The summed E-state index contributed by atoms with van der Waals surface area (Å²) in [5.41, 5.74) is 4.36. The van der Waals surface area contributed by atoms with Crippen LogP contribution in [0.3, 0.4) is 0 Å². The van der Waals surface area contributed by atoms with E-state index in [0.717, 1.165) is 12.1 Å². The Balaban J connectivity index is 2.41. The second kappa shape index (κ2) is 5.91. The number of benzene rings is 1. The van der Waals surface area contributed by atoms with Crippen LogP contribution < -0.4 is 5.73 Å². The number of hydrogen-bond donors (Lipinski definition) is 1. The van der Waals surface area contributed by atoms with Crippen molar-refractivity contribution in [1.82, 2.24) is 4.31 Å². The summed E-state index contributed by atoms with van der Waals surface area (Å²) in [6.45, 7) is 4.00. The second-order valence-corrected chi connectivity index (χ2v) is 8.71. The molecule has 0 amide bonds. The van der Waals surface area contributed by atoms with Gasteiger partial charge in [0.25, 0.3) is 0 Å². The van der Waals surface area contributed by atoms with Crippen LogP contribution in [-0.4, -0.2) is 31.9 Å². The third kappa shape index (κ3) is 3.65. The molecule has 1 aromatic rings. The van der Waals surface area contributed by atoms with E-state index in [1.165, 1.54) is 4.31 Å². The minimum atomic E-state index is -4.72. The van der Waals surface area contributed by atoms with Gasteiger partial charge in [0.05, 0.1) is 15.5 Å². The first kappa shape index (κ1) is 18.5. The number of nitrogens with zero attached hydrogens (tertiary/aromatic N) is 1. The molecule has 1 atom stereocenters. The molecule has 0 radical (unpaired) electrons. The van der Waals surface area contributed by atoms with Crippen LogP contribution in [-0.2, 0) is 16.2 Å². The molecule has 1 saturated heterocycles. The fourth-order valence-corrected chi connectivity index (χ4v) is 4.44. The van der Waals surface area contributed by atoms with Gasteiger partial charge in [0, 0.05) is 19.1 Å². The molecule has 0 saturated carbocycles. The van der Waals surface area contributed by atoms with Crippen molar-refractivity contribution in [2.45, 2.75) is 37.4 Å². The van der Waals surface area contributed by atoms with Gasteiger partial charge in [-0.05, 0) is 30.0 Å². The number of halogens is 4. The molecule has 1 heterocycles. The van der Waals surface area contributed by atoms with Crippen LogP contribution in [0.15, 0.2) is 23.1 Å². The maximum Gasteiger partial charge on any atom is 0.417 e. The van der Waals surface area contributed by atoms with E-state index in [1.807, 2.05) is 13.8 Å². The molecule has 1 fully saturated rings. The van der Waals surface area contributed by atoms with Crippen molar-refractivity contribution >= 4 is 21.6 Å². The minimum absolute atomic E-state index is 0.153. The van der Waals surface area contributed by atoms with Crippen LogP contribution in [0.5, 0.6) is 0 Å². The highest BCUT2D eigenvalue weighted by molar-refractivity contribution is 7.89. The zero-order valence-electron chi connectivity index (χ0n) is 12.7. The Hall–Kier alpha value is -0.830. The molecule has 23 heavy (non-hydrogen) atoms. The molecule has 2 rings (SSSR count). The summed E-state index contributed by atoms with van der Waals surface area (Å²) in [7, 11) is -4.04. The Morgan fingerprint density at radius 3 is 2.48 bits per heavy atom. The zero-order valence-corrected chi connectivity index (χ0v) is 14.3. The average Bonchev–Trinajstić information content (AvgIpc) is 2.40. The summed E-state index contributed by atoms with van der Waals surface area (Å²) < 4.78 is 65.2. The molecule has 0 aromatic heterocycles. The van der Waals surface area contributed by atoms with Crippen molar-refractivity contribution in [2.24, 2.45) is 11.1 Å². The van der Waals surface area contributed by atoms with E-state index in [-0.39, 0.29) is 19.1 Å². The Morgan fingerprint density at radius 2 is 1.96 bits per heavy atom. The first-order chi connectivity index (χ1) is 10.4. The predicted molar refractivity (Wildman–Crippen MR) is 81.6 cm³/mol. The number of hydrogen-bond acceptors (Lipinski definition) is 3. The highest BCUT2D eigenvalue weighted by atomic mass is 35.5. The summed E-state index contributed by atoms with van der Waals surface area (Å²) in [5.74, 6) is 0. The number of nitrogens with two attached hydrogens (primary N) is 1. The van der Waals surface area contributed by atoms with Crippen molar-refractivity contribution in [1.29, 1.82) is 0 Å². The van der Waals surface area contributed by atoms with Gasteiger partial charge < -0.3 is 5.73 Å². The molecule has 9 heteroatoms. The molecule has 1 aliphatic heterocycles. The molecule has 2 N–H and O–H groups in total. The van der Waals surface area contributed by atoms with Gasteiger partial charge in [0.2, 0.25) is 10.0 Å². The van der Waals surface area contributed by atoms with Gasteiger partial charge in [-0.3, -0.25) is 0 Å². The lowest BCUT2D eigenvalue weighted by atomic mass is 9.81. The van der Waals surface area contributed by atoms with E-state index in [9.17, 15) is 21.6 Å². The predicted octanol–water partition coefficient (Wildman–Crippen LogP) is 3.11. The van der Waals surface area contributed by atoms with Crippen LogP contribution in [0.2, 0.25) is 5.02 Å². The molecule has 4 nitrogen and oxygen atoms in total. The summed E-state index contributed by atoms with van der Waals surface area (Å²) in [4.78, 5) is -0.416.